The second-order valence-electron chi connectivity index (χ2n) is 4.82. The number of halogens is 2. The molecular weight excluding hydrogens is 284 g/mol. The van der Waals surface area contributed by atoms with Crippen molar-refractivity contribution in [3.05, 3.63) is 77.0 Å². The van der Waals surface area contributed by atoms with Crippen molar-refractivity contribution in [1.29, 1.82) is 0 Å². The van der Waals surface area contributed by atoms with Crippen LogP contribution in [0.1, 0.15) is 21.6 Å². The summed E-state index contributed by atoms with van der Waals surface area (Å²) in [5, 5.41) is 0.541. The van der Waals surface area contributed by atoms with E-state index in [9.17, 15) is 13.6 Å². The molecule has 0 bridgehead atoms. The summed E-state index contributed by atoms with van der Waals surface area (Å²) in [6.45, 7) is 0. The molecule has 0 saturated carbocycles. The van der Waals surface area contributed by atoms with E-state index in [1.165, 1.54) is 0 Å². The highest BCUT2D eigenvalue weighted by molar-refractivity contribution is 5.82. The second kappa shape index (κ2) is 5.85. The Morgan fingerprint density at radius 2 is 1.64 bits per heavy atom. The smallest absolute Gasteiger partial charge is 0.161 e. The summed E-state index contributed by atoms with van der Waals surface area (Å²) in [6, 6.07) is 12.7. The van der Waals surface area contributed by atoms with Gasteiger partial charge in [-0.05, 0) is 29.8 Å². The van der Waals surface area contributed by atoms with E-state index in [0.717, 1.165) is 24.0 Å². The lowest BCUT2D eigenvalue weighted by Crippen LogP contribution is -1.88. The summed E-state index contributed by atoms with van der Waals surface area (Å²) in [7, 11) is 0. The maximum Gasteiger partial charge on any atom is 0.161 e. The first-order chi connectivity index (χ1) is 10.7. The number of aromatic nitrogens is 1. The Hall–Kier alpha value is -2.88. The number of nitrogens with zero attached hydrogens (tertiary/aromatic N) is 1. The normalized spacial score (nSPS) is 11.2. The van der Waals surface area contributed by atoms with Crippen LogP contribution in [-0.2, 0) is 0 Å². The zero-order valence-electron chi connectivity index (χ0n) is 11.5. The van der Waals surface area contributed by atoms with Crippen LogP contribution in [0, 0.1) is 11.6 Å². The number of hydrogen-bond acceptors (Lipinski definition) is 2. The lowest BCUT2D eigenvalue weighted by Gasteiger charge is -2.01. The number of benzene rings is 2. The lowest BCUT2D eigenvalue weighted by molar-refractivity contribution is 0.112. The fourth-order valence-electron chi connectivity index (χ4n) is 2.14. The van der Waals surface area contributed by atoms with Crippen molar-refractivity contribution in [3.63, 3.8) is 0 Å². The van der Waals surface area contributed by atoms with Crippen LogP contribution in [0.15, 0.2) is 48.5 Å². The van der Waals surface area contributed by atoms with Crippen LogP contribution in [0.2, 0.25) is 0 Å². The first-order valence-electron chi connectivity index (χ1n) is 6.65. The van der Waals surface area contributed by atoms with E-state index in [2.05, 4.69) is 4.98 Å². The lowest BCUT2D eigenvalue weighted by atomic mass is 10.1. The Kier molecular flexibility index (Phi) is 3.74. The van der Waals surface area contributed by atoms with Crippen molar-refractivity contribution in [2.45, 2.75) is 0 Å². The molecule has 0 aliphatic heterocycles. The molecule has 0 amide bonds. The van der Waals surface area contributed by atoms with Crippen LogP contribution in [0.25, 0.3) is 23.1 Å². The monoisotopic (exact) mass is 295 g/mol. The Balaban J connectivity index is 1.94. The molecule has 0 radical (unpaired) electrons. The highest BCUT2D eigenvalue weighted by Gasteiger charge is 2.05. The van der Waals surface area contributed by atoms with Gasteiger partial charge in [-0.15, -0.1) is 0 Å². The van der Waals surface area contributed by atoms with E-state index in [0.29, 0.717) is 22.2 Å². The van der Waals surface area contributed by atoms with Gasteiger partial charge in [-0.1, -0.05) is 30.3 Å². The Labute approximate surface area is 125 Å². The van der Waals surface area contributed by atoms with Crippen molar-refractivity contribution in [3.8, 4) is 0 Å². The molecule has 2 nitrogen and oxygen atoms in total. The molecule has 0 fully saturated rings. The van der Waals surface area contributed by atoms with Crippen LogP contribution in [0.3, 0.4) is 0 Å². The van der Waals surface area contributed by atoms with Gasteiger partial charge >= 0.3 is 0 Å². The third-order valence-corrected chi connectivity index (χ3v) is 3.25. The summed E-state index contributed by atoms with van der Waals surface area (Å²) < 4.78 is 26.4. The van der Waals surface area contributed by atoms with Gasteiger partial charge in [-0.25, -0.2) is 13.8 Å². The predicted octanol–water partition coefficient (Wildman–Crippen LogP) is 4.50. The van der Waals surface area contributed by atoms with Crippen molar-refractivity contribution in [2.24, 2.45) is 0 Å². The van der Waals surface area contributed by atoms with E-state index in [-0.39, 0.29) is 0 Å². The minimum atomic E-state index is -0.917. The zero-order chi connectivity index (χ0) is 15.5. The van der Waals surface area contributed by atoms with Gasteiger partial charge in [0.05, 0.1) is 11.2 Å². The van der Waals surface area contributed by atoms with Crippen LogP contribution >= 0.6 is 0 Å². The van der Waals surface area contributed by atoms with Crippen molar-refractivity contribution < 1.29 is 13.6 Å². The molecule has 0 spiro atoms. The first-order valence-corrected chi connectivity index (χ1v) is 6.65. The molecule has 0 N–H and O–H groups in total. The molecule has 3 rings (SSSR count). The average molecular weight is 295 g/mol. The molecule has 0 aliphatic rings. The highest BCUT2D eigenvalue weighted by atomic mass is 19.2. The first kappa shape index (κ1) is 14.1. The SMILES string of the molecule is O=Cc1cccc(C=Cc2ccc3cc(F)c(F)cc3n2)c1. The van der Waals surface area contributed by atoms with Gasteiger partial charge in [-0.3, -0.25) is 4.79 Å². The third-order valence-electron chi connectivity index (χ3n) is 3.25. The van der Waals surface area contributed by atoms with E-state index in [1.807, 2.05) is 6.07 Å². The van der Waals surface area contributed by atoms with Gasteiger partial charge in [0.15, 0.2) is 11.6 Å². The van der Waals surface area contributed by atoms with Crippen LogP contribution in [0.4, 0.5) is 8.78 Å². The number of carbonyl (C=O) groups is 1. The number of aldehydes is 1. The van der Waals surface area contributed by atoms with Crippen LogP contribution in [-0.4, -0.2) is 11.3 Å². The van der Waals surface area contributed by atoms with Gasteiger partial charge in [0.1, 0.15) is 6.29 Å². The molecule has 0 unspecified atom stereocenters. The molecule has 4 heteroatoms. The Morgan fingerprint density at radius 1 is 0.864 bits per heavy atom. The number of pyridine rings is 1. The summed E-state index contributed by atoms with van der Waals surface area (Å²) in [4.78, 5) is 15.0. The molecule has 3 aromatic rings. The summed E-state index contributed by atoms with van der Waals surface area (Å²) in [5.41, 5.74) is 2.46. The van der Waals surface area contributed by atoms with E-state index in [4.69, 9.17) is 0 Å². The molecule has 108 valence electrons. The van der Waals surface area contributed by atoms with Crippen molar-refractivity contribution >= 4 is 29.3 Å². The van der Waals surface area contributed by atoms with Gasteiger partial charge in [0, 0.05) is 17.0 Å². The van der Waals surface area contributed by atoms with E-state index < -0.39 is 11.6 Å². The van der Waals surface area contributed by atoms with Crippen LogP contribution in [0.5, 0.6) is 0 Å². The summed E-state index contributed by atoms with van der Waals surface area (Å²) >= 11 is 0. The van der Waals surface area contributed by atoms with Gasteiger partial charge < -0.3 is 0 Å². The average Bonchev–Trinajstić information content (AvgIpc) is 2.54. The summed E-state index contributed by atoms with van der Waals surface area (Å²) in [6.07, 6.45) is 4.34. The molecule has 22 heavy (non-hydrogen) atoms. The minimum absolute atomic E-state index is 0.391. The standard InChI is InChI=1S/C18H11F2NO/c19-16-9-14-5-7-15(21-18(14)10-17(16)20)6-4-12-2-1-3-13(8-12)11-22/h1-11H. The second-order valence-corrected chi connectivity index (χ2v) is 4.82. The molecule has 2 aromatic carbocycles. The maximum absolute atomic E-state index is 13.2. The van der Waals surface area contributed by atoms with Crippen molar-refractivity contribution in [1.82, 2.24) is 4.98 Å². The number of carbonyl (C=O) groups excluding carboxylic acids is 1. The third kappa shape index (κ3) is 2.91. The number of fused-ring (bicyclic) bond motifs is 1. The summed E-state index contributed by atoms with van der Waals surface area (Å²) in [5.74, 6) is -1.80. The largest absolute Gasteiger partial charge is 0.298 e. The van der Waals surface area contributed by atoms with Gasteiger partial charge in [0.2, 0.25) is 0 Å². The van der Waals surface area contributed by atoms with Gasteiger partial charge in [0.25, 0.3) is 0 Å². The Bertz CT molecular complexity index is 887. The Morgan fingerprint density at radius 3 is 2.45 bits per heavy atom. The molecule has 0 saturated heterocycles. The quantitative estimate of drug-likeness (QED) is 0.666. The van der Waals surface area contributed by atoms with Crippen molar-refractivity contribution in [2.75, 3.05) is 0 Å². The molecule has 1 aromatic heterocycles. The van der Waals surface area contributed by atoms with Gasteiger partial charge in [-0.2, -0.15) is 0 Å². The number of rotatable bonds is 3. The molecular formula is C18H11F2NO. The maximum atomic E-state index is 13.2. The van der Waals surface area contributed by atoms with Crippen LogP contribution < -0.4 is 0 Å². The van der Waals surface area contributed by atoms with E-state index in [1.54, 1.807) is 42.5 Å². The number of hydrogen-bond donors (Lipinski definition) is 0. The molecule has 0 atom stereocenters. The predicted molar refractivity (Wildman–Crippen MR) is 82.4 cm³/mol. The molecule has 1 heterocycles. The van der Waals surface area contributed by atoms with E-state index >= 15 is 0 Å². The highest BCUT2D eigenvalue weighted by Crippen LogP contribution is 2.18. The minimum Gasteiger partial charge on any atom is -0.298 e. The topological polar surface area (TPSA) is 30.0 Å². The fourth-order valence-corrected chi connectivity index (χ4v) is 2.14. The zero-order valence-corrected chi connectivity index (χ0v) is 11.5. The molecule has 0 aliphatic carbocycles. The fraction of sp³-hybridized carbons (Fsp3) is 0.